The molecule has 0 aliphatic carbocycles. The van der Waals surface area contributed by atoms with Crippen LogP contribution in [0.25, 0.3) is 0 Å². The molecule has 0 atom stereocenters. The molecule has 24 heavy (non-hydrogen) atoms. The molecule has 0 aromatic heterocycles. The molecule has 0 heterocycles. The number of carbonyl (C=O) groups excluding carboxylic acids is 1. The third-order valence-electron chi connectivity index (χ3n) is 3.12. The van der Waals surface area contributed by atoms with Crippen molar-refractivity contribution in [1.82, 2.24) is 0 Å². The Bertz CT molecular complexity index is 886. The predicted molar refractivity (Wildman–Crippen MR) is 93.3 cm³/mol. The number of nitrogens with zero attached hydrogens (tertiary/aromatic N) is 1. The summed E-state index contributed by atoms with van der Waals surface area (Å²) in [6.07, 6.45) is 0.505. The number of nitrogens with one attached hydrogen (secondary N) is 2. The number of anilines is 2. The molecule has 0 bridgehead atoms. The number of carbonyl (C=O) groups is 1. The normalized spacial score (nSPS) is 10.7. The first-order chi connectivity index (χ1) is 11.4. The Morgan fingerprint density at radius 3 is 2.54 bits per heavy atom. The Hall–Kier alpha value is -2.85. The monoisotopic (exact) mass is 343 g/mol. The van der Waals surface area contributed by atoms with Gasteiger partial charge >= 0.3 is 0 Å². The third-order valence-corrected chi connectivity index (χ3v) is 4.61. The van der Waals surface area contributed by atoms with E-state index in [-0.39, 0.29) is 11.7 Å². The van der Waals surface area contributed by atoms with Gasteiger partial charge in [-0.15, -0.1) is 0 Å². The van der Waals surface area contributed by atoms with E-state index in [1.54, 1.807) is 49.4 Å². The minimum atomic E-state index is -3.41. The lowest BCUT2D eigenvalue weighted by Gasteiger charge is -2.09. The van der Waals surface area contributed by atoms with Gasteiger partial charge in [-0.2, -0.15) is 5.26 Å². The number of hydrogen-bond acceptors (Lipinski definition) is 4. The second-order valence-corrected chi connectivity index (χ2v) is 6.99. The minimum Gasteiger partial charge on any atom is -0.322 e. The van der Waals surface area contributed by atoms with E-state index in [2.05, 4.69) is 10.0 Å². The van der Waals surface area contributed by atoms with Gasteiger partial charge in [0.2, 0.25) is 10.0 Å². The van der Waals surface area contributed by atoms with Gasteiger partial charge in [-0.1, -0.05) is 19.1 Å². The lowest BCUT2D eigenvalue weighted by molar-refractivity contribution is 0.102. The summed E-state index contributed by atoms with van der Waals surface area (Å²) >= 11 is 0. The van der Waals surface area contributed by atoms with Gasteiger partial charge in [0.1, 0.15) is 0 Å². The first kappa shape index (κ1) is 17.5. The summed E-state index contributed by atoms with van der Waals surface area (Å²) in [5.74, 6) is -0.369. The zero-order valence-corrected chi connectivity index (χ0v) is 13.9. The number of benzene rings is 2. The average molecular weight is 343 g/mol. The smallest absolute Gasteiger partial charge is 0.255 e. The van der Waals surface area contributed by atoms with E-state index in [1.807, 2.05) is 6.07 Å². The lowest BCUT2D eigenvalue weighted by atomic mass is 10.1. The summed E-state index contributed by atoms with van der Waals surface area (Å²) in [4.78, 5) is 12.3. The summed E-state index contributed by atoms with van der Waals surface area (Å²) in [6.45, 7) is 1.78. The van der Waals surface area contributed by atoms with E-state index >= 15 is 0 Å². The maximum Gasteiger partial charge on any atom is 0.255 e. The minimum absolute atomic E-state index is 0.0182. The molecule has 1 amide bonds. The summed E-state index contributed by atoms with van der Waals surface area (Å²) in [7, 11) is -3.41. The van der Waals surface area contributed by atoms with Crippen molar-refractivity contribution in [2.45, 2.75) is 13.3 Å². The summed E-state index contributed by atoms with van der Waals surface area (Å²) in [5.41, 5.74) is 1.58. The maximum absolute atomic E-state index is 12.3. The molecule has 0 saturated heterocycles. The number of rotatable bonds is 6. The number of sulfonamides is 1. The van der Waals surface area contributed by atoms with Crippen LogP contribution in [-0.2, 0) is 10.0 Å². The van der Waals surface area contributed by atoms with Gasteiger partial charge in [-0.3, -0.25) is 9.52 Å². The Balaban J connectivity index is 2.16. The predicted octanol–water partition coefficient (Wildman–Crippen LogP) is 2.96. The standard InChI is InChI=1S/C17H17N3O3S/c1-2-9-24(22,23)20-16-8-4-6-14(11-16)17(21)19-15-7-3-5-13(10-15)12-18/h3-8,10-11,20H,2,9H2,1H3,(H,19,21). The van der Waals surface area contributed by atoms with Crippen LogP contribution in [-0.4, -0.2) is 20.1 Å². The highest BCUT2D eigenvalue weighted by Crippen LogP contribution is 2.16. The van der Waals surface area contributed by atoms with Crippen LogP contribution >= 0.6 is 0 Å². The first-order valence-electron chi connectivity index (χ1n) is 7.35. The molecule has 0 aliphatic rings. The fourth-order valence-electron chi connectivity index (χ4n) is 2.09. The largest absolute Gasteiger partial charge is 0.322 e. The first-order valence-corrected chi connectivity index (χ1v) is 9.01. The Morgan fingerprint density at radius 2 is 1.83 bits per heavy atom. The summed E-state index contributed by atoms with van der Waals surface area (Å²) < 4.78 is 26.0. The van der Waals surface area contributed by atoms with Crippen LogP contribution in [0.5, 0.6) is 0 Å². The number of amides is 1. The van der Waals surface area contributed by atoms with E-state index in [0.717, 1.165) is 0 Å². The third kappa shape index (κ3) is 4.83. The average Bonchev–Trinajstić information content (AvgIpc) is 2.54. The molecular weight excluding hydrogens is 326 g/mol. The second kappa shape index (κ2) is 7.62. The van der Waals surface area contributed by atoms with E-state index in [1.165, 1.54) is 6.07 Å². The van der Waals surface area contributed by atoms with Crippen LogP contribution in [0.1, 0.15) is 29.3 Å². The van der Waals surface area contributed by atoms with Crippen molar-refractivity contribution < 1.29 is 13.2 Å². The number of nitriles is 1. The quantitative estimate of drug-likeness (QED) is 0.842. The molecule has 0 saturated carbocycles. The fraction of sp³-hybridized carbons (Fsp3) is 0.176. The van der Waals surface area contributed by atoms with Crippen molar-refractivity contribution in [3.8, 4) is 6.07 Å². The van der Waals surface area contributed by atoms with Crippen molar-refractivity contribution in [3.05, 3.63) is 59.7 Å². The van der Waals surface area contributed by atoms with Crippen LogP contribution < -0.4 is 10.0 Å². The van der Waals surface area contributed by atoms with Crippen LogP contribution in [0, 0.1) is 11.3 Å². The molecule has 2 rings (SSSR count). The molecule has 124 valence electrons. The van der Waals surface area contributed by atoms with E-state index in [9.17, 15) is 13.2 Å². The van der Waals surface area contributed by atoms with Gasteiger partial charge < -0.3 is 5.32 Å². The lowest BCUT2D eigenvalue weighted by Crippen LogP contribution is -2.17. The van der Waals surface area contributed by atoms with Crippen molar-refractivity contribution in [2.75, 3.05) is 15.8 Å². The molecule has 0 radical (unpaired) electrons. The highest BCUT2D eigenvalue weighted by Gasteiger charge is 2.11. The molecular formula is C17H17N3O3S. The molecule has 0 aliphatic heterocycles. The molecule has 6 nitrogen and oxygen atoms in total. The van der Waals surface area contributed by atoms with Crippen LogP contribution in [0.2, 0.25) is 0 Å². The van der Waals surface area contributed by atoms with E-state index in [0.29, 0.717) is 28.9 Å². The molecule has 7 heteroatoms. The fourth-order valence-corrected chi connectivity index (χ4v) is 3.22. The molecule has 2 N–H and O–H groups in total. The highest BCUT2D eigenvalue weighted by atomic mass is 32.2. The van der Waals surface area contributed by atoms with Crippen LogP contribution in [0.15, 0.2) is 48.5 Å². The van der Waals surface area contributed by atoms with E-state index in [4.69, 9.17) is 5.26 Å². The summed E-state index contributed by atoms with van der Waals surface area (Å²) in [6, 6.07) is 14.8. The Morgan fingerprint density at radius 1 is 1.12 bits per heavy atom. The zero-order valence-electron chi connectivity index (χ0n) is 13.1. The molecule has 0 unspecified atom stereocenters. The van der Waals surface area contributed by atoms with Crippen LogP contribution in [0.4, 0.5) is 11.4 Å². The molecule has 2 aromatic rings. The molecule has 2 aromatic carbocycles. The van der Waals surface area contributed by atoms with Crippen molar-refractivity contribution in [1.29, 1.82) is 5.26 Å². The van der Waals surface area contributed by atoms with Crippen LogP contribution in [0.3, 0.4) is 0 Å². The van der Waals surface area contributed by atoms with Crippen molar-refractivity contribution in [2.24, 2.45) is 0 Å². The summed E-state index contributed by atoms with van der Waals surface area (Å²) in [5, 5.41) is 11.6. The van der Waals surface area contributed by atoms with Gasteiger partial charge in [0.15, 0.2) is 0 Å². The SMILES string of the molecule is CCCS(=O)(=O)Nc1cccc(C(=O)Nc2cccc(C#N)c2)c1. The van der Waals surface area contributed by atoms with Crippen molar-refractivity contribution >= 4 is 27.3 Å². The zero-order chi connectivity index (χ0) is 17.6. The molecule has 0 fully saturated rings. The topological polar surface area (TPSA) is 99.1 Å². The Kier molecular flexibility index (Phi) is 5.55. The maximum atomic E-state index is 12.3. The van der Waals surface area contributed by atoms with Gasteiger partial charge in [-0.25, -0.2) is 8.42 Å². The number of hydrogen-bond donors (Lipinski definition) is 2. The van der Waals surface area contributed by atoms with Gasteiger partial charge in [-0.05, 0) is 42.8 Å². The van der Waals surface area contributed by atoms with Gasteiger partial charge in [0, 0.05) is 16.9 Å². The van der Waals surface area contributed by atoms with E-state index < -0.39 is 10.0 Å². The Labute approximate surface area is 141 Å². The highest BCUT2D eigenvalue weighted by molar-refractivity contribution is 7.92. The van der Waals surface area contributed by atoms with Gasteiger partial charge in [0.25, 0.3) is 5.91 Å². The van der Waals surface area contributed by atoms with Gasteiger partial charge in [0.05, 0.1) is 17.4 Å². The van der Waals surface area contributed by atoms with Crippen molar-refractivity contribution in [3.63, 3.8) is 0 Å². The second-order valence-electron chi connectivity index (χ2n) is 5.15. The molecule has 0 spiro atoms.